The topological polar surface area (TPSA) is 18.5 Å². The fourth-order valence-electron chi connectivity index (χ4n) is 2.14. The molecule has 0 bridgehead atoms. The molecular formula is C16H34O2. The van der Waals surface area contributed by atoms with E-state index in [1.165, 1.54) is 12.8 Å². The van der Waals surface area contributed by atoms with Gasteiger partial charge in [-0.3, -0.25) is 0 Å². The fourth-order valence-corrected chi connectivity index (χ4v) is 2.14. The van der Waals surface area contributed by atoms with Gasteiger partial charge in [-0.25, -0.2) is 0 Å². The summed E-state index contributed by atoms with van der Waals surface area (Å²) in [6.45, 7) is 14.9. The van der Waals surface area contributed by atoms with Crippen LogP contribution in [0.5, 0.6) is 0 Å². The van der Waals surface area contributed by atoms with Crippen LogP contribution in [0.2, 0.25) is 0 Å². The molecule has 2 atom stereocenters. The van der Waals surface area contributed by atoms with Crippen LogP contribution in [-0.4, -0.2) is 24.4 Å². The first-order chi connectivity index (χ1) is 8.49. The molecule has 0 radical (unpaired) electrons. The summed E-state index contributed by atoms with van der Waals surface area (Å²) in [6.07, 6.45) is 6.60. The summed E-state index contributed by atoms with van der Waals surface area (Å²) >= 11 is 0. The quantitative estimate of drug-likeness (QED) is 0.488. The lowest BCUT2D eigenvalue weighted by molar-refractivity contribution is -0.197. The Morgan fingerprint density at radius 1 is 0.667 bits per heavy atom. The van der Waals surface area contributed by atoms with Gasteiger partial charge in [-0.05, 0) is 39.5 Å². The van der Waals surface area contributed by atoms with Gasteiger partial charge in [0.25, 0.3) is 0 Å². The fraction of sp³-hybridized carbons (Fsp3) is 1.00. The highest BCUT2D eigenvalue weighted by atomic mass is 16.6. The molecule has 0 saturated heterocycles. The van der Waals surface area contributed by atoms with Crippen LogP contribution in [0.15, 0.2) is 0 Å². The maximum absolute atomic E-state index is 6.18. The van der Waals surface area contributed by atoms with Crippen LogP contribution in [-0.2, 0) is 9.47 Å². The predicted octanol–water partition coefficient (Wildman–Crippen LogP) is 4.96. The van der Waals surface area contributed by atoms with Crippen LogP contribution in [0.3, 0.4) is 0 Å². The minimum Gasteiger partial charge on any atom is -0.372 e. The van der Waals surface area contributed by atoms with E-state index >= 15 is 0 Å². The Bertz CT molecular complexity index is 183. The Labute approximate surface area is 114 Å². The smallest absolute Gasteiger partial charge is 0.0937 e. The summed E-state index contributed by atoms with van der Waals surface area (Å²) in [5, 5.41) is 0. The van der Waals surface area contributed by atoms with Gasteiger partial charge >= 0.3 is 0 Å². The highest BCUT2D eigenvalue weighted by Gasteiger charge is 2.44. The summed E-state index contributed by atoms with van der Waals surface area (Å²) in [6, 6.07) is 0. The van der Waals surface area contributed by atoms with E-state index in [-0.39, 0.29) is 11.2 Å². The van der Waals surface area contributed by atoms with E-state index in [0.29, 0.717) is 0 Å². The molecule has 0 amide bonds. The van der Waals surface area contributed by atoms with Crippen LogP contribution < -0.4 is 0 Å². The highest BCUT2D eigenvalue weighted by molar-refractivity contribution is 4.95. The largest absolute Gasteiger partial charge is 0.372 e. The van der Waals surface area contributed by atoms with E-state index in [4.69, 9.17) is 9.47 Å². The van der Waals surface area contributed by atoms with E-state index in [9.17, 15) is 0 Å². The summed E-state index contributed by atoms with van der Waals surface area (Å²) < 4.78 is 12.4. The van der Waals surface area contributed by atoms with Crippen LogP contribution >= 0.6 is 0 Å². The molecule has 0 aromatic rings. The van der Waals surface area contributed by atoms with Crippen molar-refractivity contribution in [2.75, 3.05) is 13.2 Å². The first kappa shape index (κ1) is 17.9. The molecule has 0 heterocycles. The average molecular weight is 258 g/mol. The minimum absolute atomic E-state index is 0.176. The SMILES string of the molecule is CCCCOC(C)(CC)C(C)(CC)OCCCC. The van der Waals surface area contributed by atoms with Crippen molar-refractivity contribution in [2.45, 2.75) is 91.3 Å². The molecule has 0 aromatic heterocycles. The molecule has 0 spiro atoms. The van der Waals surface area contributed by atoms with Crippen molar-refractivity contribution >= 4 is 0 Å². The van der Waals surface area contributed by atoms with Crippen LogP contribution in [0.25, 0.3) is 0 Å². The molecule has 18 heavy (non-hydrogen) atoms. The molecular weight excluding hydrogens is 224 g/mol. The zero-order valence-electron chi connectivity index (χ0n) is 13.5. The lowest BCUT2D eigenvalue weighted by Crippen LogP contribution is -2.53. The molecule has 0 fully saturated rings. The maximum atomic E-state index is 6.18. The molecule has 0 aromatic carbocycles. The first-order valence-electron chi connectivity index (χ1n) is 7.77. The van der Waals surface area contributed by atoms with Crippen LogP contribution in [0.4, 0.5) is 0 Å². The second-order valence-electron chi connectivity index (χ2n) is 5.57. The van der Waals surface area contributed by atoms with Crippen molar-refractivity contribution in [1.29, 1.82) is 0 Å². The Morgan fingerprint density at radius 2 is 1.00 bits per heavy atom. The Balaban J connectivity index is 4.59. The van der Waals surface area contributed by atoms with Crippen molar-refractivity contribution in [3.63, 3.8) is 0 Å². The zero-order valence-corrected chi connectivity index (χ0v) is 13.5. The van der Waals surface area contributed by atoms with E-state index in [1.54, 1.807) is 0 Å². The summed E-state index contributed by atoms with van der Waals surface area (Å²) in [5.74, 6) is 0. The van der Waals surface area contributed by atoms with Crippen LogP contribution in [0.1, 0.15) is 80.1 Å². The van der Waals surface area contributed by atoms with Gasteiger partial charge in [-0.2, -0.15) is 0 Å². The van der Waals surface area contributed by atoms with Crippen molar-refractivity contribution in [3.05, 3.63) is 0 Å². The zero-order chi connectivity index (χ0) is 14.1. The van der Waals surface area contributed by atoms with E-state index < -0.39 is 0 Å². The Hall–Kier alpha value is -0.0800. The van der Waals surface area contributed by atoms with E-state index in [2.05, 4.69) is 41.5 Å². The molecule has 0 N–H and O–H groups in total. The minimum atomic E-state index is -0.176. The van der Waals surface area contributed by atoms with Gasteiger partial charge in [0.1, 0.15) is 0 Å². The van der Waals surface area contributed by atoms with Crippen molar-refractivity contribution in [2.24, 2.45) is 0 Å². The van der Waals surface area contributed by atoms with Gasteiger partial charge in [-0.15, -0.1) is 0 Å². The number of hydrogen-bond acceptors (Lipinski definition) is 2. The maximum Gasteiger partial charge on any atom is 0.0937 e. The monoisotopic (exact) mass is 258 g/mol. The highest BCUT2D eigenvalue weighted by Crippen LogP contribution is 2.36. The van der Waals surface area contributed by atoms with Gasteiger partial charge in [0, 0.05) is 13.2 Å². The predicted molar refractivity (Wildman–Crippen MR) is 79.1 cm³/mol. The third-order valence-corrected chi connectivity index (χ3v) is 4.31. The number of ether oxygens (including phenoxy) is 2. The van der Waals surface area contributed by atoms with Gasteiger partial charge in [0.05, 0.1) is 11.2 Å². The van der Waals surface area contributed by atoms with E-state index in [0.717, 1.165) is 38.9 Å². The molecule has 0 aliphatic carbocycles. The number of unbranched alkanes of at least 4 members (excludes halogenated alkanes) is 2. The van der Waals surface area contributed by atoms with Crippen molar-refractivity contribution in [3.8, 4) is 0 Å². The van der Waals surface area contributed by atoms with Gasteiger partial charge in [0.2, 0.25) is 0 Å². The second-order valence-corrected chi connectivity index (χ2v) is 5.57. The molecule has 2 heteroatoms. The third kappa shape index (κ3) is 4.89. The van der Waals surface area contributed by atoms with Gasteiger partial charge < -0.3 is 9.47 Å². The van der Waals surface area contributed by atoms with Crippen LogP contribution in [0, 0.1) is 0 Å². The number of rotatable bonds is 11. The molecule has 0 aliphatic heterocycles. The summed E-state index contributed by atoms with van der Waals surface area (Å²) in [4.78, 5) is 0. The molecule has 0 saturated carbocycles. The second kappa shape index (κ2) is 8.92. The third-order valence-electron chi connectivity index (χ3n) is 4.31. The first-order valence-corrected chi connectivity index (χ1v) is 7.77. The van der Waals surface area contributed by atoms with E-state index in [1.807, 2.05) is 0 Å². The lowest BCUT2D eigenvalue weighted by Gasteiger charge is -2.45. The summed E-state index contributed by atoms with van der Waals surface area (Å²) in [7, 11) is 0. The van der Waals surface area contributed by atoms with Gasteiger partial charge in [-0.1, -0.05) is 40.5 Å². The Kier molecular flexibility index (Phi) is 8.89. The van der Waals surface area contributed by atoms with Crippen molar-refractivity contribution in [1.82, 2.24) is 0 Å². The van der Waals surface area contributed by atoms with Crippen molar-refractivity contribution < 1.29 is 9.47 Å². The summed E-state index contributed by atoms with van der Waals surface area (Å²) in [5.41, 5.74) is -0.352. The van der Waals surface area contributed by atoms with Gasteiger partial charge in [0.15, 0.2) is 0 Å². The number of hydrogen-bond donors (Lipinski definition) is 0. The molecule has 0 rings (SSSR count). The molecule has 110 valence electrons. The normalized spacial score (nSPS) is 18.3. The Morgan fingerprint density at radius 3 is 1.22 bits per heavy atom. The average Bonchev–Trinajstić information content (AvgIpc) is 2.38. The standard InChI is InChI=1S/C16H34O2/c1-7-11-13-17-15(5,9-3)16(6,10-4)18-14-12-8-2/h7-14H2,1-6H3. The molecule has 2 nitrogen and oxygen atoms in total. The lowest BCUT2D eigenvalue weighted by atomic mass is 9.81. The molecule has 0 aliphatic rings. The molecule has 2 unspecified atom stereocenters.